The summed E-state index contributed by atoms with van der Waals surface area (Å²) in [7, 11) is 1.58. The van der Waals surface area contributed by atoms with E-state index in [1.54, 1.807) is 18.5 Å². The van der Waals surface area contributed by atoms with Gasteiger partial charge in [0.1, 0.15) is 0 Å². The Hall–Kier alpha value is -2.32. The molecule has 1 atom stereocenters. The number of aromatic nitrogens is 4. The summed E-state index contributed by atoms with van der Waals surface area (Å²) in [4.78, 5) is 31.1. The molecule has 0 bridgehead atoms. The summed E-state index contributed by atoms with van der Waals surface area (Å²) >= 11 is 1.36. The van der Waals surface area contributed by atoms with Crippen LogP contribution in [-0.2, 0) is 13.6 Å². The van der Waals surface area contributed by atoms with Crippen LogP contribution in [0.4, 0.5) is 0 Å². The molecule has 0 aliphatic carbocycles. The molecule has 2 N–H and O–H groups in total. The van der Waals surface area contributed by atoms with Gasteiger partial charge in [0.2, 0.25) is 0 Å². The number of nitrogens with one attached hydrogen (secondary N) is 1. The Bertz CT molecular complexity index is 1030. The number of thioether (sulfide) groups is 1. The first-order chi connectivity index (χ1) is 11.9. The molecule has 132 valence electrons. The lowest BCUT2D eigenvalue weighted by atomic mass is 10.1. The molecule has 25 heavy (non-hydrogen) atoms. The first-order valence-electron chi connectivity index (χ1n) is 7.92. The molecule has 1 aromatic carbocycles. The van der Waals surface area contributed by atoms with E-state index in [1.165, 1.54) is 16.3 Å². The van der Waals surface area contributed by atoms with Crippen LogP contribution in [0.1, 0.15) is 18.1 Å². The standard InChI is InChI=1S/C17H20N4O3S/c1-10-5-4-6-12(7-10)8-21-13-14(18-17(21)25-9-11(2)22)20(3)16(24)19-15(13)23/h4-7,11,22H,8-9H2,1-3H3,(H,19,23,24). The van der Waals surface area contributed by atoms with E-state index < -0.39 is 17.4 Å². The van der Waals surface area contributed by atoms with Crippen molar-refractivity contribution in [1.29, 1.82) is 0 Å². The smallest absolute Gasteiger partial charge is 0.329 e. The van der Waals surface area contributed by atoms with Crippen LogP contribution in [0.3, 0.4) is 0 Å². The maximum atomic E-state index is 12.4. The SMILES string of the molecule is Cc1cccc(Cn2c(SCC(C)O)nc3c2c(=O)[nH]c(=O)n3C)c1. The molecule has 1 unspecified atom stereocenters. The van der Waals surface area contributed by atoms with Crippen LogP contribution >= 0.6 is 11.8 Å². The van der Waals surface area contributed by atoms with Gasteiger partial charge in [0.05, 0.1) is 12.6 Å². The minimum absolute atomic E-state index is 0.342. The summed E-state index contributed by atoms with van der Waals surface area (Å²) in [6, 6.07) is 8.00. The fourth-order valence-corrected chi connectivity index (χ4v) is 3.51. The molecule has 8 heteroatoms. The number of aromatic amines is 1. The van der Waals surface area contributed by atoms with Crippen LogP contribution in [0.5, 0.6) is 0 Å². The van der Waals surface area contributed by atoms with Gasteiger partial charge in [-0.15, -0.1) is 0 Å². The van der Waals surface area contributed by atoms with Crippen LogP contribution in [-0.4, -0.2) is 36.1 Å². The predicted octanol–water partition coefficient (Wildman–Crippen LogP) is 1.25. The number of rotatable bonds is 5. The van der Waals surface area contributed by atoms with E-state index in [1.807, 2.05) is 31.2 Å². The predicted molar refractivity (Wildman–Crippen MR) is 98.3 cm³/mol. The summed E-state index contributed by atoms with van der Waals surface area (Å²) in [6.07, 6.45) is -0.501. The Morgan fingerprint density at radius 1 is 1.36 bits per heavy atom. The van der Waals surface area contributed by atoms with E-state index in [-0.39, 0.29) is 0 Å². The highest BCUT2D eigenvalue weighted by Gasteiger charge is 2.18. The third kappa shape index (κ3) is 3.54. The number of aryl methyl sites for hydroxylation is 2. The van der Waals surface area contributed by atoms with Crippen molar-refractivity contribution in [3.63, 3.8) is 0 Å². The molecular weight excluding hydrogens is 340 g/mol. The highest BCUT2D eigenvalue weighted by molar-refractivity contribution is 7.99. The average Bonchev–Trinajstić information content (AvgIpc) is 2.90. The molecule has 3 aromatic rings. The van der Waals surface area contributed by atoms with Crippen LogP contribution in [0.15, 0.2) is 39.0 Å². The van der Waals surface area contributed by atoms with Crippen molar-refractivity contribution >= 4 is 22.9 Å². The topological polar surface area (TPSA) is 92.9 Å². The van der Waals surface area contributed by atoms with Gasteiger partial charge in [-0.05, 0) is 19.4 Å². The second-order valence-electron chi connectivity index (χ2n) is 6.12. The molecule has 0 saturated carbocycles. The molecule has 0 amide bonds. The fraction of sp³-hybridized carbons (Fsp3) is 0.353. The molecule has 0 aliphatic heterocycles. The van der Waals surface area contributed by atoms with Gasteiger partial charge in [-0.3, -0.25) is 14.3 Å². The van der Waals surface area contributed by atoms with Gasteiger partial charge in [-0.1, -0.05) is 41.6 Å². The zero-order valence-electron chi connectivity index (χ0n) is 14.3. The second kappa shape index (κ2) is 6.89. The first-order valence-corrected chi connectivity index (χ1v) is 8.91. The zero-order valence-corrected chi connectivity index (χ0v) is 15.1. The van der Waals surface area contributed by atoms with Crippen LogP contribution in [0.2, 0.25) is 0 Å². The number of aliphatic hydroxyl groups is 1. The third-order valence-corrected chi connectivity index (χ3v) is 5.07. The molecule has 3 rings (SSSR count). The fourth-order valence-electron chi connectivity index (χ4n) is 2.66. The van der Waals surface area contributed by atoms with Crippen molar-refractivity contribution in [2.24, 2.45) is 7.05 Å². The number of hydrogen-bond donors (Lipinski definition) is 2. The summed E-state index contributed by atoms with van der Waals surface area (Å²) in [5, 5.41) is 10.2. The summed E-state index contributed by atoms with van der Waals surface area (Å²) in [5.74, 6) is 0.447. The lowest BCUT2D eigenvalue weighted by Gasteiger charge is -2.10. The molecule has 0 saturated heterocycles. The molecule has 7 nitrogen and oxygen atoms in total. The van der Waals surface area contributed by atoms with Gasteiger partial charge < -0.3 is 9.67 Å². The van der Waals surface area contributed by atoms with Gasteiger partial charge >= 0.3 is 5.69 Å². The minimum atomic E-state index is -0.501. The average molecular weight is 360 g/mol. The van der Waals surface area contributed by atoms with E-state index in [0.29, 0.717) is 28.6 Å². The highest BCUT2D eigenvalue weighted by atomic mass is 32.2. The maximum Gasteiger partial charge on any atom is 0.329 e. The summed E-state index contributed by atoms with van der Waals surface area (Å²) in [5.41, 5.74) is 1.91. The summed E-state index contributed by atoms with van der Waals surface area (Å²) < 4.78 is 3.13. The first kappa shape index (κ1) is 17.5. The second-order valence-corrected chi connectivity index (χ2v) is 7.11. The Morgan fingerprint density at radius 2 is 2.12 bits per heavy atom. The van der Waals surface area contributed by atoms with Crippen molar-refractivity contribution in [2.45, 2.75) is 31.7 Å². The summed E-state index contributed by atoms with van der Waals surface area (Å²) in [6.45, 7) is 4.17. The van der Waals surface area contributed by atoms with Gasteiger partial charge in [0.15, 0.2) is 16.3 Å². The van der Waals surface area contributed by atoms with Gasteiger partial charge in [-0.2, -0.15) is 0 Å². The maximum absolute atomic E-state index is 12.4. The number of fused-ring (bicyclic) bond motifs is 1. The number of benzene rings is 1. The van der Waals surface area contributed by atoms with Crippen molar-refractivity contribution < 1.29 is 5.11 Å². The van der Waals surface area contributed by atoms with Crippen LogP contribution < -0.4 is 11.2 Å². The van der Waals surface area contributed by atoms with Crippen molar-refractivity contribution in [1.82, 2.24) is 19.1 Å². The van der Waals surface area contributed by atoms with E-state index in [9.17, 15) is 14.7 Å². The van der Waals surface area contributed by atoms with Crippen molar-refractivity contribution in [2.75, 3.05) is 5.75 Å². The molecule has 0 radical (unpaired) electrons. The van der Waals surface area contributed by atoms with E-state index in [0.717, 1.165) is 11.1 Å². The molecule has 0 fully saturated rings. The lowest BCUT2D eigenvalue weighted by Crippen LogP contribution is -2.29. The largest absolute Gasteiger partial charge is 0.393 e. The Morgan fingerprint density at radius 3 is 2.80 bits per heavy atom. The molecule has 0 aliphatic rings. The number of nitrogens with zero attached hydrogens (tertiary/aromatic N) is 3. The minimum Gasteiger partial charge on any atom is -0.393 e. The zero-order chi connectivity index (χ0) is 18.1. The third-order valence-electron chi connectivity index (χ3n) is 3.85. The van der Waals surface area contributed by atoms with E-state index >= 15 is 0 Å². The Labute approximate surface area is 148 Å². The molecular formula is C17H20N4O3S. The van der Waals surface area contributed by atoms with Crippen molar-refractivity contribution in [3.05, 3.63) is 56.2 Å². The monoisotopic (exact) mass is 360 g/mol. The van der Waals surface area contributed by atoms with Crippen LogP contribution in [0.25, 0.3) is 11.2 Å². The quantitative estimate of drug-likeness (QED) is 0.668. The highest BCUT2D eigenvalue weighted by Crippen LogP contribution is 2.23. The lowest BCUT2D eigenvalue weighted by molar-refractivity contribution is 0.220. The Kier molecular flexibility index (Phi) is 4.82. The van der Waals surface area contributed by atoms with Crippen molar-refractivity contribution in [3.8, 4) is 0 Å². The van der Waals surface area contributed by atoms with E-state index in [4.69, 9.17) is 0 Å². The number of imidazole rings is 1. The molecule has 2 aromatic heterocycles. The number of aliphatic hydroxyl groups excluding tert-OH is 1. The van der Waals surface area contributed by atoms with Gasteiger partial charge in [0.25, 0.3) is 5.56 Å². The van der Waals surface area contributed by atoms with Gasteiger partial charge in [-0.25, -0.2) is 9.78 Å². The van der Waals surface area contributed by atoms with E-state index in [2.05, 4.69) is 9.97 Å². The number of H-pyrrole nitrogens is 1. The molecule has 2 heterocycles. The van der Waals surface area contributed by atoms with Crippen LogP contribution in [0, 0.1) is 6.92 Å². The number of hydrogen-bond acceptors (Lipinski definition) is 5. The molecule has 0 spiro atoms. The van der Waals surface area contributed by atoms with Gasteiger partial charge in [0, 0.05) is 12.8 Å². The normalized spacial score (nSPS) is 12.6. The Balaban J connectivity index is 2.18.